The van der Waals surface area contributed by atoms with Crippen molar-refractivity contribution in [3.05, 3.63) is 28.2 Å². The third-order valence-electron chi connectivity index (χ3n) is 3.43. The largest absolute Gasteiger partial charge is 0.384 e. The minimum atomic E-state index is 0.132. The Balaban J connectivity index is 3.19. The van der Waals surface area contributed by atoms with E-state index >= 15 is 0 Å². The Morgan fingerprint density at radius 3 is 2.63 bits per heavy atom. The number of hydrogen-bond acceptors (Lipinski definition) is 2. The number of halogens is 1. The molecular weight excluding hydrogens is 302 g/mol. The van der Waals surface area contributed by atoms with E-state index < -0.39 is 0 Å². The fourth-order valence-corrected chi connectivity index (χ4v) is 2.45. The second-order valence-corrected chi connectivity index (χ2v) is 5.80. The number of nitrogen functional groups attached to an aromatic ring is 1. The lowest BCUT2D eigenvalue weighted by atomic mass is 10.1. The molecule has 0 aliphatic heterocycles. The fourth-order valence-electron chi connectivity index (χ4n) is 2.10. The van der Waals surface area contributed by atoms with E-state index in [-0.39, 0.29) is 5.84 Å². The summed E-state index contributed by atoms with van der Waals surface area (Å²) >= 11 is 3.51. The van der Waals surface area contributed by atoms with E-state index in [4.69, 9.17) is 11.1 Å². The van der Waals surface area contributed by atoms with Crippen molar-refractivity contribution in [2.24, 2.45) is 5.73 Å². The molecule has 1 rings (SSSR count). The van der Waals surface area contributed by atoms with Crippen LogP contribution in [-0.2, 0) is 0 Å². The van der Waals surface area contributed by atoms with Crippen LogP contribution in [0.5, 0.6) is 0 Å². The molecule has 4 heteroatoms. The normalized spacial score (nSPS) is 12.2. The van der Waals surface area contributed by atoms with Crippen LogP contribution in [0.15, 0.2) is 22.7 Å². The molecule has 3 N–H and O–H groups in total. The number of hydrogen-bond donors (Lipinski definition) is 2. The van der Waals surface area contributed by atoms with Crippen molar-refractivity contribution in [2.75, 3.05) is 11.4 Å². The molecule has 0 aliphatic carbocycles. The summed E-state index contributed by atoms with van der Waals surface area (Å²) in [4.78, 5) is 2.37. The molecule has 0 spiro atoms. The van der Waals surface area contributed by atoms with Crippen LogP contribution in [0.25, 0.3) is 0 Å². The van der Waals surface area contributed by atoms with Gasteiger partial charge in [-0.25, -0.2) is 0 Å². The SMILES string of the molecule is CCCCN(c1cc(Br)ccc1C(=N)N)C(C)CC. The minimum Gasteiger partial charge on any atom is -0.384 e. The molecule has 106 valence electrons. The van der Waals surface area contributed by atoms with Gasteiger partial charge in [-0.05, 0) is 38.0 Å². The van der Waals surface area contributed by atoms with Gasteiger partial charge in [-0.15, -0.1) is 0 Å². The first-order valence-corrected chi connectivity index (χ1v) is 7.71. The zero-order valence-electron chi connectivity index (χ0n) is 12.0. The second kappa shape index (κ2) is 7.53. The maximum absolute atomic E-state index is 7.75. The Labute approximate surface area is 124 Å². The highest BCUT2D eigenvalue weighted by atomic mass is 79.9. The summed E-state index contributed by atoms with van der Waals surface area (Å²) in [6.45, 7) is 7.61. The first kappa shape index (κ1) is 16.0. The number of nitrogens with zero attached hydrogens (tertiary/aromatic N) is 1. The van der Waals surface area contributed by atoms with Gasteiger partial charge in [0.05, 0.1) is 0 Å². The lowest BCUT2D eigenvalue weighted by Crippen LogP contribution is -2.35. The van der Waals surface area contributed by atoms with Gasteiger partial charge in [0.25, 0.3) is 0 Å². The Bertz CT molecular complexity index is 431. The highest BCUT2D eigenvalue weighted by Gasteiger charge is 2.17. The number of benzene rings is 1. The van der Waals surface area contributed by atoms with Crippen LogP contribution in [0.1, 0.15) is 45.6 Å². The van der Waals surface area contributed by atoms with Crippen molar-refractivity contribution in [2.45, 2.75) is 46.1 Å². The van der Waals surface area contributed by atoms with Gasteiger partial charge >= 0.3 is 0 Å². The van der Waals surface area contributed by atoms with Gasteiger partial charge in [-0.1, -0.05) is 36.2 Å². The lowest BCUT2D eigenvalue weighted by molar-refractivity contribution is 0.595. The van der Waals surface area contributed by atoms with E-state index in [9.17, 15) is 0 Å². The van der Waals surface area contributed by atoms with E-state index in [0.717, 1.165) is 41.5 Å². The van der Waals surface area contributed by atoms with Crippen molar-refractivity contribution in [3.63, 3.8) is 0 Å². The van der Waals surface area contributed by atoms with Crippen LogP contribution in [0.3, 0.4) is 0 Å². The molecule has 0 aromatic heterocycles. The van der Waals surface area contributed by atoms with Crippen LogP contribution in [-0.4, -0.2) is 18.4 Å². The van der Waals surface area contributed by atoms with Crippen LogP contribution >= 0.6 is 15.9 Å². The Morgan fingerprint density at radius 2 is 2.11 bits per heavy atom. The first-order chi connectivity index (χ1) is 9.01. The summed E-state index contributed by atoms with van der Waals surface area (Å²) in [5.74, 6) is 0.132. The topological polar surface area (TPSA) is 53.1 Å². The van der Waals surface area contributed by atoms with E-state index in [1.54, 1.807) is 0 Å². The van der Waals surface area contributed by atoms with Crippen molar-refractivity contribution in [1.29, 1.82) is 5.41 Å². The molecule has 0 amide bonds. The van der Waals surface area contributed by atoms with Gasteiger partial charge < -0.3 is 10.6 Å². The lowest BCUT2D eigenvalue weighted by Gasteiger charge is -2.32. The highest BCUT2D eigenvalue weighted by Crippen LogP contribution is 2.27. The van der Waals surface area contributed by atoms with Crippen LogP contribution in [0.4, 0.5) is 5.69 Å². The Hall–Kier alpha value is -1.03. The van der Waals surface area contributed by atoms with Crippen molar-refractivity contribution in [1.82, 2.24) is 0 Å². The van der Waals surface area contributed by atoms with Gasteiger partial charge in [0.2, 0.25) is 0 Å². The molecule has 0 aliphatic rings. The maximum Gasteiger partial charge on any atom is 0.124 e. The summed E-state index contributed by atoms with van der Waals surface area (Å²) in [5.41, 5.74) is 7.59. The molecule has 0 heterocycles. The molecule has 0 saturated carbocycles. The molecular formula is C15H24BrN3. The standard InChI is InChI=1S/C15H24BrN3/c1-4-6-9-19(11(3)5-2)14-10-12(16)7-8-13(14)15(17)18/h7-8,10-11H,4-6,9H2,1-3H3,(H3,17,18). The summed E-state index contributed by atoms with van der Waals surface area (Å²) < 4.78 is 1.03. The quantitative estimate of drug-likeness (QED) is 0.584. The average molecular weight is 326 g/mol. The van der Waals surface area contributed by atoms with E-state index in [0.29, 0.717) is 6.04 Å². The van der Waals surface area contributed by atoms with E-state index in [2.05, 4.69) is 47.7 Å². The van der Waals surface area contributed by atoms with E-state index in [1.165, 1.54) is 0 Å². The summed E-state index contributed by atoms with van der Waals surface area (Å²) in [6, 6.07) is 6.37. The predicted octanol–water partition coefficient (Wildman–Crippen LogP) is 4.14. The van der Waals surface area contributed by atoms with Gasteiger partial charge in [0.15, 0.2) is 0 Å². The number of nitrogens with one attached hydrogen (secondary N) is 1. The second-order valence-electron chi connectivity index (χ2n) is 4.88. The number of nitrogens with two attached hydrogens (primary N) is 1. The molecule has 0 bridgehead atoms. The van der Waals surface area contributed by atoms with Gasteiger partial charge in [-0.2, -0.15) is 0 Å². The smallest absolute Gasteiger partial charge is 0.124 e. The molecule has 1 aromatic carbocycles. The van der Waals surface area contributed by atoms with Gasteiger partial charge in [0, 0.05) is 28.3 Å². The van der Waals surface area contributed by atoms with Crippen LogP contribution < -0.4 is 10.6 Å². The monoisotopic (exact) mass is 325 g/mol. The molecule has 1 unspecified atom stereocenters. The summed E-state index contributed by atoms with van der Waals surface area (Å²) in [6.07, 6.45) is 3.39. The third kappa shape index (κ3) is 4.23. The van der Waals surface area contributed by atoms with Gasteiger partial charge in [0.1, 0.15) is 5.84 Å². The van der Waals surface area contributed by atoms with Crippen molar-refractivity contribution >= 4 is 27.5 Å². The van der Waals surface area contributed by atoms with Crippen molar-refractivity contribution in [3.8, 4) is 0 Å². The number of unbranched alkanes of at least 4 members (excludes halogenated alkanes) is 1. The minimum absolute atomic E-state index is 0.132. The van der Waals surface area contributed by atoms with Crippen LogP contribution in [0.2, 0.25) is 0 Å². The molecule has 3 nitrogen and oxygen atoms in total. The summed E-state index contributed by atoms with van der Waals surface area (Å²) in [7, 11) is 0. The first-order valence-electron chi connectivity index (χ1n) is 6.91. The molecule has 0 fully saturated rings. The number of rotatable bonds is 7. The van der Waals surface area contributed by atoms with Crippen molar-refractivity contribution < 1.29 is 0 Å². The molecule has 1 aromatic rings. The zero-order valence-corrected chi connectivity index (χ0v) is 13.6. The highest BCUT2D eigenvalue weighted by molar-refractivity contribution is 9.10. The molecule has 1 atom stereocenters. The zero-order chi connectivity index (χ0) is 14.4. The average Bonchev–Trinajstić information content (AvgIpc) is 2.38. The molecule has 0 radical (unpaired) electrons. The van der Waals surface area contributed by atoms with Crippen LogP contribution in [0, 0.1) is 5.41 Å². The maximum atomic E-state index is 7.75. The van der Waals surface area contributed by atoms with E-state index in [1.807, 2.05) is 12.1 Å². The van der Waals surface area contributed by atoms with Gasteiger partial charge in [-0.3, -0.25) is 5.41 Å². The Morgan fingerprint density at radius 1 is 1.42 bits per heavy atom. The Kier molecular flexibility index (Phi) is 6.35. The third-order valence-corrected chi connectivity index (χ3v) is 3.93. The fraction of sp³-hybridized carbons (Fsp3) is 0.533. The predicted molar refractivity (Wildman–Crippen MR) is 87.2 cm³/mol. The summed E-state index contributed by atoms with van der Waals surface area (Å²) in [5, 5.41) is 7.75. The number of amidine groups is 1. The molecule has 0 saturated heterocycles. The molecule has 19 heavy (non-hydrogen) atoms. The number of anilines is 1.